The first-order valence-corrected chi connectivity index (χ1v) is 6.45. The Hall–Kier alpha value is -0.830. The monoisotopic (exact) mass is 223 g/mol. The van der Waals surface area contributed by atoms with Crippen LogP contribution in [0.5, 0.6) is 0 Å². The largest absolute Gasteiger partial charge is 0.337 e. The van der Waals surface area contributed by atoms with E-state index in [0.717, 1.165) is 12.5 Å². The summed E-state index contributed by atoms with van der Waals surface area (Å²) in [7, 11) is 0. The zero-order valence-corrected chi connectivity index (χ0v) is 11.1. The van der Waals surface area contributed by atoms with Gasteiger partial charge in [0.2, 0.25) is 0 Å². The van der Waals surface area contributed by atoms with Crippen LogP contribution in [0, 0.1) is 5.92 Å². The van der Waals surface area contributed by atoms with Gasteiger partial charge in [-0.2, -0.15) is 0 Å². The van der Waals surface area contributed by atoms with E-state index in [0.29, 0.717) is 6.04 Å². The van der Waals surface area contributed by atoms with Crippen LogP contribution in [-0.2, 0) is 6.54 Å². The number of imidazole rings is 1. The van der Waals surface area contributed by atoms with Gasteiger partial charge in [0.15, 0.2) is 0 Å². The minimum atomic E-state index is 0.697. The third-order valence-corrected chi connectivity index (χ3v) is 3.08. The van der Waals surface area contributed by atoms with E-state index >= 15 is 0 Å². The Morgan fingerprint density at radius 1 is 1.38 bits per heavy atom. The lowest BCUT2D eigenvalue weighted by Crippen LogP contribution is -2.28. The molecule has 1 aliphatic heterocycles. The van der Waals surface area contributed by atoms with Crippen molar-refractivity contribution in [1.29, 1.82) is 0 Å². The van der Waals surface area contributed by atoms with Crippen LogP contribution in [0.2, 0.25) is 0 Å². The van der Waals surface area contributed by atoms with Gasteiger partial charge in [-0.25, -0.2) is 4.98 Å². The van der Waals surface area contributed by atoms with Crippen molar-refractivity contribution in [2.75, 3.05) is 13.1 Å². The fraction of sp³-hybridized carbons (Fsp3) is 0.769. The number of nitrogens with zero attached hydrogens (tertiary/aromatic N) is 3. The first kappa shape index (κ1) is 13.2. The van der Waals surface area contributed by atoms with Crippen LogP contribution in [0.1, 0.15) is 34.1 Å². The number of likely N-dealkylation sites (tertiary alicyclic amines) is 1. The predicted molar refractivity (Wildman–Crippen MR) is 68.4 cm³/mol. The van der Waals surface area contributed by atoms with Crippen LogP contribution < -0.4 is 0 Å². The highest BCUT2D eigenvalue weighted by Crippen LogP contribution is 2.19. The maximum atomic E-state index is 4.07. The van der Waals surface area contributed by atoms with Gasteiger partial charge in [0.05, 0.1) is 6.33 Å². The van der Waals surface area contributed by atoms with E-state index in [-0.39, 0.29) is 0 Å². The third-order valence-electron chi connectivity index (χ3n) is 3.08. The predicted octanol–water partition coefficient (Wildman–Crippen LogP) is 2.64. The van der Waals surface area contributed by atoms with Crippen LogP contribution in [0.3, 0.4) is 0 Å². The van der Waals surface area contributed by atoms with Crippen molar-refractivity contribution in [1.82, 2.24) is 14.5 Å². The molecule has 3 nitrogen and oxygen atoms in total. The Morgan fingerprint density at radius 2 is 2.12 bits per heavy atom. The summed E-state index contributed by atoms with van der Waals surface area (Å²) in [5.74, 6) is 0.812. The molecule has 3 heteroatoms. The summed E-state index contributed by atoms with van der Waals surface area (Å²) in [5, 5.41) is 0. The molecule has 1 saturated heterocycles. The maximum absolute atomic E-state index is 4.07. The molecule has 1 aliphatic rings. The molecule has 16 heavy (non-hydrogen) atoms. The summed E-state index contributed by atoms with van der Waals surface area (Å²) >= 11 is 0. The van der Waals surface area contributed by atoms with Gasteiger partial charge < -0.3 is 9.47 Å². The Labute approximate surface area is 99.5 Å². The lowest BCUT2D eigenvalue weighted by atomic mass is 10.1. The molecule has 2 heterocycles. The highest BCUT2D eigenvalue weighted by Gasteiger charge is 2.23. The SMILES string of the molecule is CC.CC(C)N1CC[C@@H](Cn2ccnc2)C1. The molecule has 1 atom stereocenters. The summed E-state index contributed by atoms with van der Waals surface area (Å²) in [6.07, 6.45) is 7.15. The van der Waals surface area contributed by atoms with Crippen molar-refractivity contribution in [3.63, 3.8) is 0 Å². The third kappa shape index (κ3) is 3.63. The van der Waals surface area contributed by atoms with Crippen molar-refractivity contribution < 1.29 is 0 Å². The highest BCUT2D eigenvalue weighted by atomic mass is 15.2. The van der Waals surface area contributed by atoms with E-state index in [9.17, 15) is 0 Å². The Balaban J connectivity index is 0.000000606. The molecule has 0 unspecified atom stereocenters. The second kappa shape index (κ2) is 6.69. The molecule has 0 amide bonds. The molecule has 92 valence electrons. The van der Waals surface area contributed by atoms with Gasteiger partial charge in [-0.05, 0) is 32.7 Å². The first-order valence-electron chi connectivity index (χ1n) is 6.45. The molecular weight excluding hydrogens is 198 g/mol. The van der Waals surface area contributed by atoms with Gasteiger partial charge in [-0.1, -0.05) is 13.8 Å². The van der Waals surface area contributed by atoms with E-state index in [4.69, 9.17) is 0 Å². The van der Waals surface area contributed by atoms with Crippen LogP contribution in [-0.4, -0.2) is 33.6 Å². The smallest absolute Gasteiger partial charge is 0.0946 e. The quantitative estimate of drug-likeness (QED) is 0.785. The van der Waals surface area contributed by atoms with Crippen LogP contribution in [0.15, 0.2) is 18.7 Å². The minimum absolute atomic E-state index is 0.697. The fourth-order valence-corrected chi connectivity index (χ4v) is 2.17. The van der Waals surface area contributed by atoms with Crippen LogP contribution in [0.25, 0.3) is 0 Å². The van der Waals surface area contributed by atoms with E-state index in [2.05, 4.69) is 34.5 Å². The molecule has 0 bridgehead atoms. The number of rotatable bonds is 3. The summed E-state index contributed by atoms with van der Waals surface area (Å²) in [5.41, 5.74) is 0. The standard InChI is InChI=1S/C11H19N3.C2H6/c1-10(2)14-5-3-11(8-14)7-13-6-4-12-9-13;1-2/h4,6,9-11H,3,5,7-8H2,1-2H3;1-2H3/t11-;/m0./s1. The zero-order chi connectivity index (χ0) is 12.0. The molecule has 0 saturated carbocycles. The summed E-state index contributed by atoms with van der Waals surface area (Å²) < 4.78 is 2.19. The zero-order valence-electron chi connectivity index (χ0n) is 11.1. The Morgan fingerprint density at radius 3 is 2.62 bits per heavy atom. The number of hydrogen-bond acceptors (Lipinski definition) is 2. The molecule has 0 N–H and O–H groups in total. The molecule has 0 spiro atoms. The van der Waals surface area contributed by atoms with E-state index < -0.39 is 0 Å². The van der Waals surface area contributed by atoms with Gasteiger partial charge in [-0.3, -0.25) is 0 Å². The molecule has 1 aromatic rings. The molecule has 0 aromatic carbocycles. The van der Waals surface area contributed by atoms with Gasteiger partial charge in [0.1, 0.15) is 0 Å². The molecule has 2 rings (SSSR count). The topological polar surface area (TPSA) is 21.1 Å². The Bertz CT molecular complexity index is 267. The van der Waals surface area contributed by atoms with Crippen molar-refractivity contribution in [2.45, 2.75) is 46.7 Å². The molecule has 0 aliphatic carbocycles. The molecule has 0 radical (unpaired) electrons. The second-order valence-electron chi connectivity index (χ2n) is 4.50. The Kier molecular flexibility index (Phi) is 5.53. The minimum Gasteiger partial charge on any atom is -0.337 e. The van der Waals surface area contributed by atoms with Gasteiger partial charge in [0.25, 0.3) is 0 Å². The summed E-state index contributed by atoms with van der Waals surface area (Å²) in [4.78, 5) is 6.62. The van der Waals surface area contributed by atoms with E-state index in [1.165, 1.54) is 19.5 Å². The van der Waals surface area contributed by atoms with Gasteiger partial charge in [-0.15, -0.1) is 0 Å². The average molecular weight is 223 g/mol. The van der Waals surface area contributed by atoms with E-state index in [1.807, 2.05) is 26.4 Å². The highest BCUT2D eigenvalue weighted by molar-refractivity contribution is 4.81. The summed E-state index contributed by atoms with van der Waals surface area (Å²) in [6, 6.07) is 0.697. The van der Waals surface area contributed by atoms with Crippen LogP contribution >= 0.6 is 0 Å². The number of hydrogen-bond donors (Lipinski definition) is 0. The second-order valence-corrected chi connectivity index (χ2v) is 4.50. The van der Waals surface area contributed by atoms with Crippen LogP contribution in [0.4, 0.5) is 0 Å². The summed E-state index contributed by atoms with van der Waals surface area (Å²) in [6.45, 7) is 12.2. The average Bonchev–Trinajstić information content (AvgIpc) is 2.92. The maximum Gasteiger partial charge on any atom is 0.0946 e. The van der Waals surface area contributed by atoms with Crippen molar-refractivity contribution in [3.8, 4) is 0 Å². The molecular formula is C13H25N3. The van der Waals surface area contributed by atoms with Gasteiger partial charge in [0, 0.05) is 31.5 Å². The molecule has 1 aromatic heterocycles. The normalized spacial score (nSPS) is 20.9. The lowest BCUT2D eigenvalue weighted by Gasteiger charge is -2.20. The fourth-order valence-electron chi connectivity index (χ4n) is 2.17. The van der Waals surface area contributed by atoms with Crippen molar-refractivity contribution in [3.05, 3.63) is 18.7 Å². The first-order chi connectivity index (χ1) is 7.75. The lowest BCUT2D eigenvalue weighted by molar-refractivity contribution is 0.260. The van der Waals surface area contributed by atoms with E-state index in [1.54, 1.807) is 0 Å². The van der Waals surface area contributed by atoms with Gasteiger partial charge >= 0.3 is 0 Å². The van der Waals surface area contributed by atoms with Crippen molar-refractivity contribution in [2.24, 2.45) is 5.92 Å². The molecule has 1 fully saturated rings. The number of aromatic nitrogens is 2. The van der Waals surface area contributed by atoms with Crippen molar-refractivity contribution >= 4 is 0 Å².